The van der Waals surface area contributed by atoms with Gasteiger partial charge in [0.1, 0.15) is 0 Å². The van der Waals surface area contributed by atoms with E-state index in [0.29, 0.717) is 11.8 Å². The van der Waals surface area contributed by atoms with Gasteiger partial charge >= 0.3 is 0 Å². The first-order valence-corrected chi connectivity index (χ1v) is 7.62. The van der Waals surface area contributed by atoms with Crippen LogP contribution in [0.4, 0.5) is 0 Å². The van der Waals surface area contributed by atoms with Crippen LogP contribution in [0.1, 0.15) is 60.3 Å². The maximum atomic E-state index is 9.40. The van der Waals surface area contributed by atoms with Crippen LogP contribution in [0, 0.1) is 37.0 Å². The summed E-state index contributed by atoms with van der Waals surface area (Å²) in [4.78, 5) is 0. The van der Waals surface area contributed by atoms with Crippen LogP contribution in [0.5, 0.6) is 0 Å². The first kappa shape index (κ1) is 23.4. The van der Waals surface area contributed by atoms with Gasteiger partial charge in [-0.25, -0.2) is 0 Å². The Labute approximate surface area is 154 Å². The molecule has 0 aromatic rings. The molecule has 1 N–H and O–H groups in total. The van der Waals surface area contributed by atoms with E-state index in [1.54, 1.807) is 0 Å². The van der Waals surface area contributed by atoms with Gasteiger partial charge in [0.25, 0.3) is 0 Å². The molecular weight excluding hydrogens is 320 g/mol. The van der Waals surface area contributed by atoms with E-state index in [9.17, 15) is 5.11 Å². The van der Waals surface area contributed by atoms with E-state index in [2.05, 4.69) is 48.5 Å². The Bertz CT molecular complexity index is 253. The Morgan fingerprint density at radius 1 is 1.10 bits per heavy atom. The molecule has 0 saturated carbocycles. The predicted octanol–water partition coefficient (Wildman–Crippen LogP) is 4.47. The number of rotatable bonds is 9. The molecule has 0 heterocycles. The fourth-order valence-electron chi connectivity index (χ4n) is 3.49. The van der Waals surface area contributed by atoms with Crippen molar-refractivity contribution < 1.29 is 37.8 Å². The minimum absolute atomic E-state index is 0. The summed E-state index contributed by atoms with van der Waals surface area (Å²) < 4.78 is 0. The molecule has 0 aliphatic heterocycles. The molecule has 0 aliphatic rings. The van der Waals surface area contributed by atoms with Crippen molar-refractivity contribution in [3.63, 3.8) is 0 Å². The van der Waals surface area contributed by atoms with Gasteiger partial charge in [-0.3, -0.25) is 0 Å². The molecule has 0 aromatic heterocycles. The first-order valence-electron chi connectivity index (χ1n) is 7.62. The summed E-state index contributed by atoms with van der Waals surface area (Å²) in [5, 5.41) is 9.11. The van der Waals surface area contributed by atoms with Crippen LogP contribution in [0.3, 0.4) is 0 Å². The van der Waals surface area contributed by atoms with Crippen molar-refractivity contribution in [1.82, 2.24) is 0 Å². The third-order valence-electron chi connectivity index (χ3n) is 4.31. The summed E-state index contributed by atoms with van der Waals surface area (Å²) in [5.74, 6) is 1.18. The first-order chi connectivity index (χ1) is 8.60. The molecule has 3 heteroatoms. The minimum Gasteiger partial charge on any atom is -0.396 e. The molecule has 0 aliphatic carbocycles. The van der Waals surface area contributed by atoms with E-state index in [0.717, 1.165) is 25.7 Å². The second-order valence-corrected chi connectivity index (χ2v) is 7.35. The molecule has 4 unspecified atom stereocenters. The van der Waals surface area contributed by atoms with E-state index in [4.69, 9.17) is 7.85 Å². The van der Waals surface area contributed by atoms with E-state index in [1.807, 2.05) is 0 Å². The Hall–Kier alpha value is 1.13. The molecule has 0 bridgehead atoms. The summed E-state index contributed by atoms with van der Waals surface area (Å²) in [6, 6.07) is 0. The van der Waals surface area contributed by atoms with Crippen molar-refractivity contribution in [2.45, 2.75) is 65.6 Å². The van der Waals surface area contributed by atoms with Crippen LogP contribution in [-0.4, -0.2) is 19.6 Å². The summed E-state index contributed by atoms with van der Waals surface area (Å²) in [5.41, 5.74) is -0.0186. The minimum atomic E-state index is -0.288. The average molecular weight is 353 g/mol. The van der Waals surface area contributed by atoms with Gasteiger partial charge in [-0.05, 0) is 24.7 Å². The predicted molar refractivity (Wildman–Crippen MR) is 86.0 cm³/mol. The molecule has 0 spiro atoms. The molecule has 0 fully saturated rings. The van der Waals surface area contributed by atoms with Gasteiger partial charge in [-0.1, -0.05) is 51.8 Å². The maximum absolute atomic E-state index is 9.40. The molecule has 115 valence electrons. The molecular formula is C17H33BOY-2. The monoisotopic (exact) mass is 353 g/mol. The number of aliphatic hydroxyl groups is 1. The Morgan fingerprint density at radius 2 is 1.60 bits per heavy atom. The molecule has 0 saturated heterocycles. The standard InChI is InChI=1S/C17H33BO.Y/c1-8-17(10-14(4)5,11-15(6)12-19)16(7,18)9-13(2)3;/h13-15,19H,1-2,8-12H2,3-7H3;/q-2;. The van der Waals surface area contributed by atoms with Gasteiger partial charge in [-0.2, -0.15) is 12.3 Å². The fourth-order valence-corrected chi connectivity index (χ4v) is 3.49. The molecule has 1 nitrogen and oxygen atoms in total. The van der Waals surface area contributed by atoms with Crippen molar-refractivity contribution in [2.75, 3.05) is 6.61 Å². The average Bonchev–Trinajstić information content (AvgIpc) is 2.25. The zero-order valence-corrected chi connectivity index (χ0v) is 17.1. The number of aliphatic hydroxyl groups excluding tert-OH is 1. The van der Waals surface area contributed by atoms with Gasteiger partial charge in [0.05, 0.1) is 7.85 Å². The van der Waals surface area contributed by atoms with Crippen molar-refractivity contribution in [3.8, 4) is 0 Å². The summed E-state index contributed by atoms with van der Waals surface area (Å²) >= 11 is 0. The maximum Gasteiger partial charge on any atom is 0.0747 e. The van der Waals surface area contributed by atoms with Gasteiger partial charge in [0, 0.05) is 39.3 Å². The van der Waals surface area contributed by atoms with Crippen LogP contribution in [0.25, 0.3) is 0 Å². The van der Waals surface area contributed by atoms with Gasteiger partial charge in [0.2, 0.25) is 0 Å². The molecule has 0 aromatic carbocycles. The largest absolute Gasteiger partial charge is 0.396 e. The van der Waals surface area contributed by atoms with E-state index >= 15 is 0 Å². The normalized spacial score (nSPS) is 20.6. The van der Waals surface area contributed by atoms with Crippen molar-refractivity contribution in [1.29, 1.82) is 0 Å². The van der Waals surface area contributed by atoms with Crippen LogP contribution < -0.4 is 0 Å². The zero-order valence-electron chi connectivity index (χ0n) is 14.3. The molecule has 20 heavy (non-hydrogen) atoms. The quantitative estimate of drug-likeness (QED) is 0.479. The third kappa shape index (κ3) is 6.93. The topological polar surface area (TPSA) is 20.2 Å². The molecule has 4 atom stereocenters. The molecule has 3 radical (unpaired) electrons. The van der Waals surface area contributed by atoms with Crippen molar-refractivity contribution in [3.05, 3.63) is 13.8 Å². The summed E-state index contributed by atoms with van der Waals surface area (Å²) in [7, 11) is 6.70. The Morgan fingerprint density at radius 3 is 1.90 bits per heavy atom. The van der Waals surface area contributed by atoms with E-state index in [-0.39, 0.29) is 56.0 Å². The smallest absolute Gasteiger partial charge is 0.0747 e. The van der Waals surface area contributed by atoms with Crippen LogP contribution in [-0.2, 0) is 32.7 Å². The van der Waals surface area contributed by atoms with Gasteiger partial charge in [0.15, 0.2) is 0 Å². The SMILES string of the molecule is [B]C(C)(CC([CH2-])C)C(C[CH2-])(CC(C)C)CC(C)CO.[Y]. The second kappa shape index (κ2) is 10.0. The van der Waals surface area contributed by atoms with Crippen LogP contribution in [0.15, 0.2) is 0 Å². The van der Waals surface area contributed by atoms with Crippen molar-refractivity contribution in [2.24, 2.45) is 23.2 Å². The number of hydrogen-bond acceptors (Lipinski definition) is 1. The summed E-state index contributed by atoms with van der Waals surface area (Å²) in [6.45, 7) is 19.3. The van der Waals surface area contributed by atoms with Gasteiger partial charge < -0.3 is 19.0 Å². The van der Waals surface area contributed by atoms with E-state index in [1.165, 1.54) is 0 Å². The fraction of sp³-hybridized carbons (Fsp3) is 0.882. The summed E-state index contributed by atoms with van der Waals surface area (Å²) in [6.07, 6.45) is 3.70. The molecule has 0 rings (SSSR count). The second-order valence-electron chi connectivity index (χ2n) is 7.35. The van der Waals surface area contributed by atoms with E-state index < -0.39 is 0 Å². The van der Waals surface area contributed by atoms with Crippen molar-refractivity contribution >= 4 is 7.85 Å². The Kier molecular flexibility index (Phi) is 11.7. The molecule has 0 amide bonds. The van der Waals surface area contributed by atoms with Crippen LogP contribution in [0.2, 0.25) is 5.31 Å². The third-order valence-corrected chi connectivity index (χ3v) is 4.31. The Balaban J connectivity index is 0. The van der Waals surface area contributed by atoms with Crippen LogP contribution >= 0.6 is 0 Å². The number of hydrogen-bond donors (Lipinski definition) is 1. The van der Waals surface area contributed by atoms with Gasteiger partial charge in [-0.15, -0.1) is 0 Å². The zero-order chi connectivity index (χ0) is 15.3.